The fourth-order valence-corrected chi connectivity index (χ4v) is 5.42. The van der Waals surface area contributed by atoms with E-state index < -0.39 is 12.1 Å². The number of ketones is 1. The molecular formula is C21H31NO4S2. The number of rotatable bonds is 11. The molecule has 1 saturated carbocycles. The molecule has 2 rings (SSSR count). The van der Waals surface area contributed by atoms with E-state index in [-0.39, 0.29) is 22.9 Å². The molecule has 0 amide bonds. The molecule has 0 bridgehead atoms. The standard InChI is InChI=1S/C21H31NO4S2/c1-4-5-11-21(2,3)18(24)9-7-14-6-8-17(23)15(14)10-12-27-20-22-16(13-28-20)19(25)26/h7,9,13-15,18,24H,4-6,8,10-12H2,1-3H3,(H,25,26). The number of carboxylic acid groups (broad SMARTS) is 1. The van der Waals surface area contributed by atoms with E-state index >= 15 is 0 Å². The number of carboxylic acids is 1. The van der Waals surface area contributed by atoms with Crippen molar-refractivity contribution in [2.24, 2.45) is 17.3 Å². The number of aliphatic hydroxyl groups is 1. The Morgan fingerprint density at radius 1 is 1.50 bits per heavy atom. The molecule has 1 aromatic rings. The number of aromatic carboxylic acids is 1. The predicted octanol–water partition coefficient (Wildman–Crippen LogP) is 5.05. The molecule has 3 atom stereocenters. The lowest BCUT2D eigenvalue weighted by molar-refractivity contribution is -0.121. The summed E-state index contributed by atoms with van der Waals surface area (Å²) >= 11 is 2.83. The van der Waals surface area contributed by atoms with Gasteiger partial charge in [0.05, 0.1) is 6.10 Å². The van der Waals surface area contributed by atoms with Crippen molar-refractivity contribution in [1.82, 2.24) is 4.98 Å². The highest BCUT2D eigenvalue weighted by molar-refractivity contribution is 8.01. The van der Waals surface area contributed by atoms with Crippen molar-refractivity contribution >= 4 is 34.9 Å². The maximum atomic E-state index is 12.3. The Morgan fingerprint density at radius 2 is 2.25 bits per heavy atom. The molecule has 156 valence electrons. The molecule has 1 aliphatic rings. The number of thioether (sulfide) groups is 1. The van der Waals surface area contributed by atoms with Gasteiger partial charge in [0, 0.05) is 23.5 Å². The Kier molecular flexibility index (Phi) is 8.71. The van der Waals surface area contributed by atoms with Crippen molar-refractivity contribution in [1.29, 1.82) is 0 Å². The third-order valence-corrected chi connectivity index (χ3v) is 7.58. The molecule has 1 aliphatic carbocycles. The summed E-state index contributed by atoms with van der Waals surface area (Å²) in [4.78, 5) is 27.3. The molecule has 7 heteroatoms. The van der Waals surface area contributed by atoms with Gasteiger partial charge < -0.3 is 10.2 Å². The first-order valence-corrected chi connectivity index (χ1v) is 11.8. The summed E-state index contributed by atoms with van der Waals surface area (Å²) in [5, 5.41) is 21.0. The number of unbranched alkanes of at least 4 members (excludes halogenated alkanes) is 1. The minimum atomic E-state index is -1.01. The molecule has 5 nitrogen and oxygen atoms in total. The molecule has 1 fully saturated rings. The minimum absolute atomic E-state index is 0.0198. The number of carbonyl (C=O) groups is 2. The van der Waals surface area contributed by atoms with Crippen molar-refractivity contribution in [3.8, 4) is 0 Å². The average Bonchev–Trinajstić information content (AvgIpc) is 3.26. The average molecular weight is 426 g/mol. The van der Waals surface area contributed by atoms with E-state index in [1.165, 1.54) is 23.1 Å². The minimum Gasteiger partial charge on any atom is -0.476 e. The molecule has 1 aromatic heterocycles. The zero-order valence-corrected chi connectivity index (χ0v) is 18.5. The monoisotopic (exact) mass is 425 g/mol. The number of Topliss-reactive ketones (excluding diaryl/α,β-unsaturated/α-hetero) is 1. The van der Waals surface area contributed by atoms with Crippen LogP contribution < -0.4 is 0 Å². The van der Waals surface area contributed by atoms with E-state index in [9.17, 15) is 14.7 Å². The molecule has 0 aromatic carbocycles. The van der Waals surface area contributed by atoms with Gasteiger partial charge in [0.15, 0.2) is 10.0 Å². The van der Waals surface area contributed by atoms with Crippen LogP contribution in [0.15, 0.2) is 21.9 Å². The van der Waals surface area contributed by atoms with Crippen molar-refractivity contribution in [3.05, 3.63) is 23.2 Å². The van der Waals surface area contributed by atoms with Crippen LogP contribution in [0, 0.1) is 17.3 Å². The Morgan fingerprint density at radius 3 is 2.89 bits per heavy atom. The zero-order valence-electron chi connectivity index (χ0n) is 16.9. The Hall–Kier alpha value is -1.18. The molecular weight excluding hydrogens is 394 g/mol. The second kappa shape index (κ2) is 10.6. The van der Waals surface area contributed by atoms with Crippen LogP contribution in [0.25, 0.3) is 0 Å². The largest absolute Gasteiger partial charge is 0.476 e. The Balaban J connectivity index is 1.88. The first kappa shape index (κ1) is 23.1. The van der Waals surface area contributed by atoms with E-state index in [0.29, 0.717) is 12.2 Å². The number of hydrogen-bond acceptors (Lipinski definition) is 6. The van der Waals surface area contributed by atoms with E-state index in [1.54, 1.807) is 5.38 Å². The van der Waals surface area contributed by atoms with Gasteiger partial charge in [0.25, 0.3) is 0 Å². The van der Waals surface area contributed by atoms with Gasteiger partial charge in [-0.1, -0.05) is 57.5 Å². The van der Waals surface area contributed by atoms with Gasteiger partial charge in [-0.05, 0) is 30.6 Å². The second-order valence-corrected chi connectivity index (χ2v) is 10.3. The third kappa shape index (κ3) is 6.42. The van der Waals surface area contributed by atoms with Crippen LogP contribution in [-0.4, -0.2) is 38.8 Å². The van der Waals surface area contributed by atoms with Crippen LogP contribution in [-0.2, 0) is 4.79 Å². The summed E-state index contributed by atoms with van der Waals surface area (Å²) in [6.45, 7) is 6.33. The number of nitrogens with zero attached hydrogens (tertiary/aromatic N) is 1. The Bertz CT molecular complexity index is 698. The van der Waals surface area contributed by atoms with Gasteiger partial charge in [-0.25, -0.2) is 9.78 Å². The number of aliphatic hydroxyl groups excluding tert-OH is 1. The van der Waals surface area contributed by atoms with Gasteiger partial charge in [-0.15, -0.1) is 11.3 Å². The van der Waals surface area contributed by atoms with Gasteiger partial charge in [0.2, 0.25) is 0 Å². The molecule has 28 heavy (non-hydrogen) atoms. The van der Waals surface area contributed by atoms with Crippen molar-refractivity contribution in [2.75, 3.05) is 5.75 Å². The van der Waals surface area contributed by atoms with Crippen LogP contribution in [0.3, 0.4) is 0 Å². The molecule has 1 heterocycles. The van der Waals surface area contributed by atoms with Crippen LogP contribution in [0.2, 0.25) is 0 Å². The zero-order chi connectivity index (χ0) is 20.7. The smallest absolute Gasteiger partial charge is 0.355 e. The fraction of sp³-hybridized carbons (Fsp3) is 0.667. The number of allylic oxidation sites excluding steroid dienone is 1. The topological polar surface area (TPSA) is 87.5 Å². The van der Waals surface area contributed by atoms with Crippen molar-refractivity contribution in [2.45, 2.75) is 69.7 Å². The Labute approximate surface area is 175 Å². The lowest BCUT2D eigenvalue weighted by atomic mass is 9.80. The molecule has 0 saturated heterocycles. The van der Waals surface area contributed by atoms with Gasteiger partial charge in [0.1, 0.15) is 5.78 Å². The van der Waals surface area contributed by atoms with Gasteiger partial charge in [-0.3, -0.25) is 4.79 Å². The number of carbonyl (C=O) groups excluding carboxylic acids is 1. The predicted molar refractivity (Wildman–Crippen MR) is 114 cm³/mol. The summed E-state index contributed by atoms with van der Waals surface area (Å²) in [5.41, 5.74) is -0.0856. The molecule has 0 aliphatic heterocycles. The van der Waals surface area contributed by atoms with Crippen molar-refractivity contribution < 1.29 is 19.8 Å². The van der Waals surface area contributed by atoms with Crippen LogP contribution in [0.1, 0.15) is 69.8 Å². The van der Waals surface area contributed by atoms with E-state index in [2.05, 4.69) is 25.8 Å². The quantitative estimate of drug-likeness (QED) is 0.381. The van der Waals surface area contributed by atoms with Crippen LogP contribution >= 0.6 is 23.1 Å². The maximum Gasteiger partial charge on any atom is 0.355 e. The number of thiazole rings is 1. The van der Waals surface area contributed by atoms with E-state index in [1.807, 2.05) is 12.2 Å². The SMILES string of the molecule is CCCCC(C)(C)C(O)C=CC1CCC(=O)C1CCSc1nc(C(=O)O)cs1. The number of hydrogen-bond donors (Lipinski definition) is 2. The molecule has 0 spiro atoms. The lowest BCUT2D eigenvalue weighted by Crippen LogP contribution is -2.27. The van der Waals surface area contributed by atoms with Gasteiger partial charge in [-0.2, -0.15) is 0 Å². The molecule has 3 unspecified atom stereocenters. The van der Waals surface area contributed by atoms with Crippen LogP contribution in [0.4, 0.5) is 0 Å². The van der Waals surface area contributed by atoms with E-state index in [0.717, 1.165) is 42.2 Å². The summed E-state index contributed by atoms with van der Waals surface area (Å²) in [7, 11) is 0. The summed E-state index contributed by atoms with van der Waals surface area (Å²) in [6, 6.07) is 0. The fourth-order valence-electron chi connectivity index (χ4n) is 3.52. The molecule has 2 N–H and O–H groups in total. The third-order valence-electron chi connectivity index (χ3n) is 5.53. The summed E-state index contributed by atoms with van der Waals surface area (Å²) in [6.07, 6.45) is 8.80. The van der Waals surface area contributed by atoms with E-state index in [4.69, 9.17) is 5.11 Å². The summed E-state index contributed by atoms with van der Waals surface area (Å²) < 4.78 is 0.725. The first-order valence-electron chi connectivity index (χ1n) is 9.95. The highest BCUT2D eigenvalue weighted by Crippen LogP contribution is 2.36. The normalized spacial score (nSPS) is 21.5. The maximum absolute atomic E-state index is 12.3. The second-order valence-electron chi connectivity index (χ2n) is 8.14. The van der Waals surface area contributed by atoms with Crippen LogP contribution in [0.5, 0.6) is 0 Å². The highest BCUT2D eigenvalue weighted by atomic mass is 32.2. The summed E-state index contributed by atoms with van der Waals surface area (Å²) in [5.74, 6) is 0.168. The van der Waals surface area contributed by atoms with Crippen molar-refractivity contribution in [3.63, 3.8) is 0 Å². The van der Waals surface area contributed by atoms with Gasteiger partial charge >= 0.3 is 5.97 Å². The number of aromatic nitrogens is 1. The first-order chi connectivity index (χ1) is 13.2. The highest BCUT2D eigenvalue weighted by Gasteiger charge is 2.33. The lowest BCUT2D eigenvalue weighted by Gasteiger charge is -2.29. The molecule has 0 radical (unpaired) electrons.